The van der Waals surface area contributed by atoms with Crippen LogP contribution in [0.4, 0.5) is 0 Å². The second-order valence-corrected chi connectivity index (χ2v) is 6.94. The van der Waals surface area contributed by atoms with Gasteiger partial charge in [-0.3, -0.25) is 0 Å². The van der Waals surface area contributed by atoms with E-state index in [4.69, 9.17) is 0 Å². The lowest BCUT2D eigenvalue weighted by Gasteiger charge is -2.33. The Labute approximate surface area is 145 Å². The van der Waals surface area contributed by atoms with Gasteiger partial charge in [0.15, 0.2) is 0 Å². The fourth-order valence-electron chi connectivity index (χ4n) is 4.30. The maximum Gasteiger partial charge on any atom is 0.0448 e. The van der Waals surface area contributed by atoms with Crippen LogP contribution in [0.2, 0.25) is 0 Å². The number of hydrogen-bond acceptors (Lipinski definition) is 0. The zero-order valence-electron chi connectivity index (χ0n) is 14.1. The van der Waals surface area contributed by atoms with Crippen molar-refractivity contribution in [2.75, 3.05) is 0 Å². The summed E-state index contributed by atoms with van der Waals surface area (Å²) in [6.07, 6.45) is 25.0. The van der Waals surface area contributed by atoms with Crippen molar-refractivity contribution in [1.82, 2.24) is 0 Å². The third-order valence-electron chi connectivity index (χ3n) is 5.56. The molecule has 0 N–H and O–H groups in total. The molecule has 24 heavy (non-hydrogen) atoms. The molecule has 2 unspecified atom stereocenters. The van der Waals surface area contributed by atoms with Crippen molar-refractivity contribution in [1.29, 1.82) is 0 Å². The molecule has 0 saturated carbocycles. The Morgan fingerprint density at radius 2 is 1.83 bits per heavy atom. The molecule has 1 aromatic rings. The van der Waals surface area contributed by atoms with Gasteiger partial charge >= 0.3 is 0 Å². The molecule has 3 aliphatic rings. The van der Waals surface area contributed by atoms with Crippen molar-refractivity contribution >= 4 is 0 Å². The van der Waals surface area contributed by atoms with Crippen LogP contribution >= 0.6 is 0 Å². The molecule has 1 spiro atoms. The standard InChI is InChI=1S/C24H24/c1-19-14-15-20-10-6-4-2-3-5-7-12-22(18-20)24(19)17-16-21-11-8-9-13-23(21)24/h3,5-15,18,20H,1-2,4,16-17H2/b5-3-,10-6-,12-7-. The first-order valence-corrected chi connectivity index (χ1v) is 8.99. The van der Waals surface area contributed by atoms with Crippen LogP contribution in [-0.2, 0) is 11.8 Å². The van der Waals surface area contributed by atoms with Crippen LogP contribution in [0.5, 0.6) is 0 Å². The molecule has 120 valence electrons. The summed E-state index contributed by atoms with van der Waals surface area (Å²) < 4.78 is 0. The third kappa shape index (κ3) is 2.47. The Morgan fingerprint density at radius 1 is 0.958 bits per heavy atom. The van der Waals surface area contributed by atoms with Crippen molar-refractivity contribution in [3.8, 4) is 0 Å². The molecule has 1 aromatic carbocycles. The Kier molecular flexibility index (Phi) is 3.98. The molecule has 2 atom stereocenters. The lowest BCUT2D eigenvalue weighted by molar-refractivity contribution is 0.609. The third-order valence-corrected chi connectivity index (χ3v) is 5.56. The van der Waals surface area contributed by atoms with E-state index < -0.39 is 0 Å². The molecular weight excluding hydrogens is 288 g/mol. The van der Waals surface area contributed by atoms with Crippen LogP contribution in [0, 0.1) is 5.92 Å². The van der Waals surface area contributed by atoms with E-state index in [1.807, 2.05) is 0 Å². The topological polar surface area (TPSA) is 0 Å². The molecule has 3 aliphatic carbocycles. The van der Waals surface area contributed by atoms with Crippen LogP contribution in [-0.4, -0.2) is 0 Å². The number of aryl methyl sites for hydroxylation is 1. The molecule has 2 bridgehead atoms. The van der Waals surface area contributed by atoms with Gasteiger partial charge in [0.05, 0.1) is 0 Å². The Hall–Kier alpha value is -2.34. The molecule has 0 heteroatoms. The largest absolute Gasteiger partial charge is 0.0946 e. The van der Waals surface area contributed by atoms with Crippen LogP contribution < -0.4 is 0 Å². The van der Waals surface area contributed by atoms with Crippen LogP contribution in [0.15, 0.2) is 96.7 Å². The lowest BCUT2D eigenvalue weighted by Crippen LogP contribution is -2.26. The van der Waals surface area contributed by atoms with E-state index in [1.165, 1.54) is 22.3 Å². The first kappa shape index (κ1) is 15.2. The quantitative estimate of drug-likeness (QED) is 0.515. The fraction of sp³-hybridized carbons (Fsp3) is 0.250. The molecule has 0 saturated heterocycles. The van der Waals surface area contributed by atoms with Gasteiger partial charge < -0.3 is 0 Å². The van der Waals surface area contributed by atoms with Gasteiger partial charge in [-0.25, -0.2) is 0 Å². The molecular formula is C24H24. The van der Waals surface area contributed by atoms with E-state index in [2.05, 4.69) is 85.5 Å². The number of benzene rings is 1. The SMILES string of the molecule is C=C1C=CC2C=C(/C=C\C=C/CC/C=C\2)C12CCc1ccccc12. The zero-order valence-corrected chi connectivity index (χ0v) is 14.1. The smallest absolute Gasteiger partial charge is 0.0448 e. The highest BCUT2D eigenvalue weighted by atomic mass is 14.5. The van der Waals surface area contributed by atoms with E-state index >= 15 is 0 Å². The number of fused-ring (bicyclic) bond motifs is 4. The number of rotatable bonds is 0. The van der Waals surface area contributed by atoms with E-state index in [0.29, 0.717) is 5.92 Å². The minimum absolute atomic E-state index is 0.0614. The van der Waals surface area contributed by atoms with Gasteiger partial charge in [-0.2, -0.15) is 0 Å². The highest BCUT2D eigenvalue weighted by Crippen LogP contribution is 2.51. The first-order valence-electron chi connectivity index (χ1n) is 8.99. The average Bonchev–Trinajstić information content (AvgIpc) is 2.91. The summed E-state index contributed by atoms with van der Waals surface area (Å²) >= 11 is 0. The summed E-state index contributed by atoms with van der Waals surface area (Å²) in [5.74, 6) is 0.353. The second kappa shape index (κ2) is 6.28. The van der Waals surface area contributed by atoms with Crippen LogP contribution in [0.3, 0.4) is 0 Å². The molecule has 0 heterocycles. The minimum Gasteiger partial charge on any atom is -0.0946 e. The van der Waals surface area contributed by atoms with Gasteiger partial charge in [-0.15, -0.1) is 0 Å². The summed E-state index contributed by atoms with van der Waals surface area (Å²) in [5.41, 5.74) is 5.47. The van der Waals surface area contributed by atoms with E-state index in [0.717, 1.165) is 25.7 Å². The predicted molar refractivity (Wildman–Crippen MR) is 103 cm³/mol. The summed E-state index contributed by atoms with van der Waals surface area (Å²) in [5, 5.41) is 0. The molecule has 0 aliphatic heterocycles. The van der Waals surface area contributed by atoms with Crippen LogP contribution in [0.1, 0.15) is 30.4 Å². The second-order valence-electron chi connectivity index (χ2n) is 6.94. The predicted octanol–water partition coefficient (Wildman–Crippen LogP) is 6.00. The first-order chi connectivity index (χ1) is 11.8. The van der Waals surface area contributed by atoms with E-state index in [-0.39, 0.29) is 5.41 Å². The average molecular weight is 312 g/mol. The highest BCUT2D eigenvalue weighted by Gasteiger charge is 2.43. The van der Waals surface area contributed by atoms with Crippen molar-refractivity contribution in [3.05, 3.63) is 108 Å². The number of hydrogen-bond donors (Lipinski definition) is 0. The zero-order chi connectivity index (χ0) is 16.4. The molecule has 0 aromatic heterocycles. The van der Waals surface area contributed by atoms with Crippen LogP contribution in [0.25, 0.3) is 0 Å². The van der Waals surface area contributed by atoms with E-state index in [1.54, 1.807) is 0 Å². The summed E-state index contributed by atoms with van der Waals surface area (Å²) in [6, 6.07) is 8.90. The molecule has 4 rings (SSSR count). The fourth-order valence-corrected chi connectivity index (χ4v) is 4.30. The maximum absolute atomic E-state index is 4.49. The summed E-state index contributed by atoms with van der Waals surface area (Å²) in [7, 11) is 0. The summed E-state index contributed by atoms with van der Waals surface area (Å²) in [4.78, 5) is 0. The Bertz CT molecular complexity index is 797. The van der Waals surface area contributed by atoms with Gasteiger partial charge in [-0.05, 0) is 48.0 Å². The Morgan fingerprint density at radius 3 is 2.79 bits per heavy atom. The normalized spacial score (nSPS) is 32.4. The van der Waals surface area contributed by atoms with Gasteiger partial charge in [0.1, 0.15) is 0 Å². The number of allylic oxidation sites excluding steroid dienone is 11. The van der Waals surface area contributed by atoms with Gasteiger partial charge in [-0.1, -0.05) is 85.5 Å². The van der Waals surface area contributed by atoms with Crippen molar-refractivity contribution in [2.45, 2.75) is 31.1 Å². The monoisotopic (exact) mass is 312 g/mol. The molecule has 0 fully saturated rings. The van der Waals surface area contributed by atoms with Gasteiger partial charge in [0.25, 0.3) is 0 Å². The van der Waals surface area contributed by atoms with Gasteiger partial charge in [0.2, 0.25) is 0 Å². The van der Waals surface area contributed by atoms with Gasteiger partial charge in [0, 0.05) is 11.3 Å². The highest BCUT2D eigenvalue weighted by molar-refractivity contribution is 5.60. The Balaban J connectivity index is 1.91. The summed E-state index contributed by atoms with van der Waals surface area (Å²) in [6.45, 7) is 4.49. The van der Waals surface area contributed by atoms with Crippen molar-refractivity contribution < 1.29 is 0 Å². The van der Waals surface area contributed by atoms with Crippen molar-refractivity contribution in [2.24, 2.45) is 5.92 Å². The molecule has 0 nitrogen and oxygen atoms in total. The minimum atomic E-state index is -0.0614. The molecule has 0 radical (unpaired) electrons. The van der Waals surface area contributed by atoms with E-state index in [9.17, 15) is 0 Å². The lowest BCUT2D eigenvalue weighted by atomic mass is 9.70. The maximum atomic E-state index is 4.49. The molecule has 0 amide bonds. The van der Waals surface area contributed by atoms with Crippen molar-refractivity contribution in [3.63, 3.8) is 0 Å².